The van der Waals surface area contributed by atoms with Crippen molar-refractivity contribution >= 4 is 21.4 Å². The van der Waals surface area contributed by atoms with Gasteiger partial charge in [-0.1, -0.05) is 25.1 Å². The fourth-order valence-electron chi connectivity index (χ4n) is 2.37. The van der Waals surface area contributed by atoms with Crippen molar-refractivity contribution in [3.8, 4) is 0 Å². The summed E-state index contributed by atoms with van der Waals surface area (Å²) in [4.78, 5) is 1.41. The first-order valence-electron chi connectivity index (χ1n) is 7.03. The molecular formula is C16H23NOS. The van der Waals surface area contributed by atoms with E-state index >= 15 is 0 Å². The minimum atomic E-state index is -0.178. The first kappa shape index (κ1) is 14.5. The van der Waals surface area contributed by atoms with Gasteiger partial charge in [0.15, 0.2) is 0 Å². The van der Waals surface area contributed by atoms with Crippen molar-refractivity contribution in [1.82, 2.24) is 5.32 Å². The summed E-state index contributed by atoms with van der Waals surface area (Å²) in [5.41, 5.74) is 1.39. The Bertz CT molecular complexity index is 535. The van der Waals surface area contributed by atoms with Gasteiger partial charge in [-0.3, -0.25) is 0 Å². The first-order valence-corrected chi connectivity index (χ1v) is 7.84. The smallest absolute Gasteiger partial charge is 0.0549 e. The number of hydrogen-bond donors (Lipinski definition) is 2. The summed E-state index contributed by atoms with van der Waals surface area (Å²) in [6, 6.07) is 8.92. The molecule has 1 aromatic carbocycles. The summed E-state index contributed by atoms with van der Waals surface area (Å²) in [5.74, 6) is 0. The summed E-state index contributed by atoms with van der Waals surface area (Å²) in [6.07, 6.45) is 1.48. The maximum atomic E-state index is 9.57. The normalized spacial score (nSPS) is 14.7. The molecule has 0 aliphatic carbocycles. The van der Waals surface area contributed by atoms with Crippen LogP contribution in [0.5, 0.6) is 0 Å². The van der Waals surface area contributed by atoms with Crippen LogP contribution in [-0.4, -0.2) is 17.8 Å². The highest BCUT2D eigenvalue weighted by molar-refractivity contribution is 7.19. The Balaban J connectivity index is 2.05. The molecule has 0 radical (unpaired) electrons. The van der Waals surface area contributed by atoms with Gasteiger partial charge in [0.2, 0.25) is 0 Å². The zero-order chi connectivity index (χ0) is 13.8. The van der Waals surface area contributed by atoms with E-state index in [2.05, 4.69) is 43.4 Å². The molecule has 0 saturated carbocycles. The lowest BCUT2D eigenvalue weighted by Crippen LogP contribution is -2.23. The third-order valence-electron chi connectivity index (χ3n) is 3.67. The van der Waals surface area contributed by atoms with Crippen molar-refractivity contribution in [3.63, 3.8) is 0 Å². The Morgan fingerprint density at radius 2 is 2.05 bits per heavy atom. The summed E-state index contributed by atoms with van der Waals surface area (Å²) in [7, 11) is 0. The molecule has 3 heteroatoms. The van der Waals surface area contributed by atoms with Crippen molar-refractivity contribution in [2.75, 3.05) is 6.54 Å². The predicted molar refractivity (Wildman–Crippen MR) is 83.9 cm³/mol. The van der Waals surface area contributed by atoms with Crippen LogP contribution < -0.4 is 5.32 Å². The second-order valence-electron chi connectivity index (χ2n) is 5.11. The van der Waals surface area contributed by atoms with Gasteiger partial charge in [0.05, 0.1) is 6.10 Å². The molecular weight excluding hydrogens is 254 g/mol. The van der Waals surface area contributed by atoms with Crippen LogP contribution in [0.4, 0.5) is 0 Å². The monoisotopic (exact) mass is 277 g/mol. The van der Waals surface area contributed by atoms with E-state index in [0.29, 0.717) is 6.04 Å². The lowest BCUT2D eigenvalue weighted by molar-refractivity contribution is 0.159. The molecule has 2 rings (SSSR count). The van der Waals surface area contributed by atoms with E-state index in [9.17, 15) is 5.11 Å². The Morgan fingerprint density at radius 1 is 1.32 bits per heavy atom. The molecule has 2 aromatic rings. The summed E-state index contributed by atoms with van der Waals surface area (Å²) in [6.45, 7) is 7.29. The summed E-state index contributed by atoms with van der Waals surface area (Å²) < 4.78 is 1.36. The quantitative estimate of drug-likeness (QED) is 0.836. The molecule has 0 fully saturated rings. The van der Waals surface area contributed by atoms with Crippen LogP contribution >= 0.6 is 11.3 Å². The Morgan fingerprint density at radius 3 is 2.74 bits per heavy atom. The number of aliphatic hydroxyl groups excluding tert-OH is 1. The molecule has 0 aliphatic heterocycles. The number of hydrogen-bond acceptors (Lipinski definition) is 3. The molecule has 0 saturated heterocycles. The van der Waals surface area contributed by atoms with Crippen molar-refractivity contribution in [2.45, 2.75) is 45.8 Å². The van der Waals surface area contributed by atoms with Gasteiger partial charge >= 0.3 is 0 Å². The molecule has 0 bridgehead atoms. The van der Waals surface area contributed by atoms with Crippen LogP contribution in [-0.2, 0) is 0 Å². The van der Waals surface area contributed by atoms with Gasteiger partial charge < -0.3 is 10.4 Å². The molecule has 2 N–H and O–H groups in total. The van der Waals surface area contributed by atoms with E-state index < -0.39 is 0 Å². The molecule has 2 nitrogen and oxygen atoms in total. The van der Waals surface area contributed by atoms with Gasteiger partial charge in [-0.05, 0) is 50.2 Å². The third kappa shape index (κ3) is 3.35. The topological polar surface area (TPSA) is 32.3 Å². The van der Waals surface area contributed by atoms with Crippen LogP contribution in [0.15, 0.2) is 24.3 Å². The molecule has 0 amide bonds. The average molecular weight is 277 g/mol. The van der Waals surface area contributed by atoms with Gasteiger partial charge in [-0.2, -0.15) is 0 Å². The summed E-state index contributed by atoms with van der Waals surface area (Å²) in [5, 5.41) is 14.5. The van der Waals surface area contributed by atoms with Gasteiger partial charge in [0, 0.05) is 15.6 Å². The van der Waals surface area contributed by atoms with Crippen LogP contribution in [0.3, 0.4) is 0 Å². The fraction of sp³-hybridized carbons (Fsp3) is 0.500. The molecule has 2 unspecified atom stereocenters. The molecule has 1 aromatic heterocycles. The number of fused-ring (bicyclic) bond motifs is 1. The molecule has 0 spiro atoms. The van der Waals surface area contributed by atoms with E-state index in [-0.39, 0.29) is 6.10 Å². The Kier molecular flexibility index (Phi) is 4.97. The van der Waals surface area contributed by atoms with Gasteiger partial charge in [0.1, 0.15) is 0 Å². The van der Waals surface area contributed by atoms with Gasteiger partial charge in [-0.15, -0.1) is 11.3 Å². The highest BCUT2D eigenvalue weighted by Crippen LogP contribution is 2.34. The van der Waals surface area contributed by atoms with E-state index in [1.807, 2.05) is 18.3 Å². The molecule has 1 heterocycles. The maximum absolute atomic E-state index is 9.57. The van der Waals surface area contributed by atoms with Crippen molar-refractivity contribution in [1.29, 1.82) is 0 Å². The highest BCUT2D eigenvalue weighted by atomic mass is 32.1. The first-order chi connectivity index (χ1) is 9.13. The number of benzene rings is 1. The van der Waals surface area contributed by atoms with Crippen molar-refractivity contribution in [3.05, 3.63) is 34.7 Å². The predicted octanol–water partition coefficient (Wildman–Crippen LogP) is 4.02. The van der Waals surface area contributed by atoms with Crippen LogP contribution in [0.1, 0.15) is 43.2 Å². The standard InChI is InChI=1S/C16H23NOS/c1-4-13(18)9-10-17-12(3)16-11(2)14-7-5-6-8-15(14)19-16/h5-8,12-13,17-18H,4,9-10H2,1-3H3. The molecule has 2 atom stereocenters. The third-order valence-corrected chi connectivity index (χ3v) is 5.13. The molecule has 19 heavy (non-hydrogen) atoms. The Hall–Kier alpha value is -0.900. The maximum Gasteiger partial charge on any atom is 0.0549 e. The SMILES string of the molecule is CCC(O)CCNC(C)c1sc2ccccc2c1C. The average Bonchev–Trinajstić information content (AvgIpc) is 2.76. The van der Waals surface area contributed by atoms with Gasteiger partial charge in [0.25, 0.3) is 0 Å². The number of rotatable bonds is 6. The minimum absolute atomic E-state index is 0.178. The number of nitrogens with one attached hydrogen (secondary N) is 1. The molecule has 104 valence electrons. The van der Waals surface area contributed by atoms with Gasteiger partial charge in [-0.25, -0.2) is 0 Å². The van der Waals surface area contributed by atoms with Crippen LogP contribution in [0.25, 0.3) is 10.1 Å². The minimum Gasteiger partial charge on any atom is -0.393 e. The largest absolute Gasteiger partial charge is 0.393 e. The zero-order valence-corrected chi connectivity index (χ0v) is 12.8. The van der Waals surface area contributed by atoms with Crippen molar-refractivity contribution < 1.29 is 5.11 Å². The van der Waals surface area contributed by atoms with E-state index in [1.54, 1.807) is 0 Å². The van der Waals surface area contributed by atoms with E-state index in [0.717, 1.165) is 19.4 Å². The number of aryl methyl sites for hydroxylation is 1. The summed E-state index contributed by atoms with van der Waals surface area (Å²) >= 11 is 1.87. The number of aliphatic hydroxyl groups is 1. The van der Waals surface area contributed by atoms with Crippen molar-refractivity contribution in [2.24, 2.45) is 0 Å². The molecule has 0 aliphatic rings. The zero-order valence-electron chi connectivity index (χ0n) is 11.9. The second kappa shape index (κ2) is 6.51. The highest BCUT2D eigenvalue weighted by Gasteiger charge is 2.14. The lowest BCUT2D eigenvalue weighted by Gasteiger charge is -2.15. The lowest BCUT2D eigenvalue weighted by atomic mass is 10.1. The van der Waals surface area contributed by atoms with Crippen LogP contribution in [0, 0.1) is 6.92 Å². The fourth-order valence-corrected chi connectivity index (χ4v) is 3.61. The second-order valence-corrected chi connectivity index (χ2v) is 6.20. The number of thiophene rings is 1. The van der Waals surface area contributed by atoms with E-state index in [1.165, 1.54) is 20.5 Å². The van der Waals surface area contributed by atoms with Crippen LogP contribution in [0.2, 0.25) is 0 Å². The van der Waals surface area contributed by atoms with E-state index in [4.69, 9.17) is 0 Å². The Labute approximate surface area is 119 Å².